The molecular weight excluding hydrogens is 393 g/mol. The standard InChI is InChI=1S/C15H15F3N2O4S2/c16-15(17,18)10-1-3-12(4-2-10)26(23,24)19-7-5-11(6-8-19)20-13(21)9-25-14(20)22/h1-4,11H,5-9H2. The van der Waals surface area contributed by atoms with Gasteiger partial charge in [0.25, 0.3) is 5.24 Å². The van der Waals surface area contributed by atoms with Crippen molar-refractivity contribution in [3.05, 3.63) is 29.8 Å². The van der Waals surface area contributed by atoms with Gasteiger partial charge in [-0.3, -0.25) is 14.5 Å². The fraction of sp³-hybridized carbons (Fsp3) is 0.467. The number of carbonyl (C=O) groups is 2. The number of piperidine rings is 1. The average molecular weight is 408 g/mol. The molecule has 2 fully saturated rings. The summed E-state index contributed by atoms with van der Waals surface area (Å²) < 4.78 is 64.2. The van der Waals surface area contributed by atoms with Crippen LogP contribution in [0.3, 0.4) is 0 Å². The van der Waals surface area contributed by atoms with Crippen molar-refractivity contribution in [2.75, 3.05) is 18.8 Å². The number of amides is 2. The molecule has 3 rings (SSSR count). The van der Waals surface area contributed by atoms with E-state index in [0.717, 1.165) is 36.0 Å². The van der Waals surface area contributed by atoms with Crippen LogP contribution in [0, 0.1) is 0 Å². The second-order valence-corrected chi connectivity index (χ2v) is 8.84. The molecule has 0 spiro atoms. The number of nitrogens with zero attached hydrogens (tertiary/aromatic N) is 2. The molecule has 142 valence electrons. The maximum absolute atomic E-state index is 12.6. The predicted molar refractivity (Wildman–Crippen MR) is 87.9 cm³/mol. The van der Waals surface area contributed by atoms with Gasteiger partial charge >= 0.3 is 6.18 Å². The maximum Gasteiger partial charge on any atom is 0.416 e. The molecule has 26 heavy (non-hydrogen) atoms. The van der Waals surface area contributed by atoms with Crippen LogP contribution in [0.4, 0.5) is 18.0 Å². The topological polar surface area (TPSA) is 74.8 Å². The first kappa shape index (κ1) is 19.2. The first-order chi connectivity index (χ1) is 12.1. The van der Waals surface area contributed by atoms with Crippen molar-refractivity contribution in [2.24, 2.45) is 0 Å². The molecule has 6 nitrogen and oxygen atoms in total. The molecule has 0 radical (unpaired) electrons. The second-order valence-electron chi connectivity index (χ2n) is 5.98. The maximum atomic E-state index is 12.6. The minimum atomic E-state index is -4.53. The van der Waals surface area contributed by atoms with Gasteiger partial charge in [0.15, 0.2) is 0 Å². The van der Waals surface area contributed by atoms with E-state index in [4.69, 9.17) is 0 Å². The number of alkyl halides is 3. The van der Waals surface area contributed by atoms with Crippen molar-refractivity contribution in [2.45, 2.75) is 30.0 Å². The summed E-state index contributed by atoms with van der Waals surface area (Å²) in [5.41, 5.74) is -0.918. The second kappa shape index (κ2) is 6.86. The Hall–Kier alpha value is -1.59. The van der Waals surface area contributed by atoms with Crippen molar-refractivity contribution in [1.29, 1.82) is 0 Å². The zero-order valence-electron chi connectivity index (χ0n) is 13.4. The van der Waals surface area contributed by atoms with Gasteiger partial charge < -0.3 is 0 Å². The lowest BCUT2D eigenvalue weighted by Gasteiger charge is -2.34. The van der Waals surface area contributed by atoms with E-state index < -0.39 is 21.8 Å². The summed E-state index contributed by atoms with van der Waals surface area (Å²) >= 11 is 0.927. The number of imide groups is 1. The summed E-state index contributed by atoms with van der Waals surface area (Å²) in [4.78, 5) is 24.5. The van der Waals surface area contributed by atoms with Crippen molar-refractivity contribution in [1.82, 2.24) is 9.21 Å². The van der Waals surface area contributed by atoms with Crippen LogP contribution in [0.15, 0.2) is 29.2 Å². The van der Waals surface area contributed by atoms with Gasteiger partial charge in [-0.25, -0.2) is 8.42 Å². The molecule has 2 amide bonds. The lowest BCUT2D eigenvalue weighted by Crippen LogP contribution is -2.48. The number of benzene rings is 1. The quantitative estimate of drug-likeness (QED) is 0.769. The first-order valence-electron chi connectivity index (χ1n) is 7.77. The highest BCUT2D eigenvalue weighted by Gasteiger charge is 2.39. The van der Waals surface area contributed by atoms with E-state index in [9.17, 15) is 31.2 Å². The molecule has 0 atom stereocenters. The van der Waals surface area contributed by atoms with E-state index in [1.54, 1.807) is 0 Å². The van der Waals surface area contributed by atoms with Gasteiger partial charge in [-0.15, -0.1) is 0 Å². The van der Waals surface area contributed by atoms with Crippen LogP contribution in [0.2, 0.25) is 0 Å². The average Bonchev–Trinajstić information content (AvgIpc) is 2.93. The van der Waals surface area contributed by atoms with Gasteiger partial charge in [-0.1, -0.05) is 11.8 Å². The molecule has 0 aliphatic carbocycles. The summed E-state index contributed by atoms with van der Waals surface area (Å²) in [5.74, 6) is -0.174. The van der Waals surface area contributed by atoms with Crippen LogP contribution < -0.4 is 0 Å². The molecule has 0 aromatic heterocycles. The summed E-state index contributed by atoms with van der Waals surface area (Å²) in [5, 5.41) is -0.320. The van der Waals surface area contributed by atoms with E-state index >= 15 is 0 Å². The van der Waals surface area contributed by atoms with Gasteiger partial charge in [0.2, 0.25) is 15.9 Å². The van der Waals surface area contributed by atoms with Crippen LogP contribution in [-0.2, 0) is 21.0 Å². The third-order valence-corrected chi connectivity index (χ3v) is 7.14. The fourth-order valence-electron chi connectivity index (χ4n) is 3.02. The van der Waals surface area contributed by atoms with Crippen LogP contribution in [0.1, 0.15) is 18.4 Å². The Balaban J connectivity index is 1.70. The SMILES string of the molecule is O=C1CSC(=O)N1C1CCN(S(=O)(=O)c2ccc(C(F)(F)F)cc2)CC1. The van der Waals surface area contributed by atoms with Crippen LogP contribution >= 0.6 is 11.8 Å². The lowest BCUT2D eigenvalue weighted by atomic mass is 10.1. The van der Waals surface area contributed by atoms with Crippen LogP contribution in [-0.4, -0.2) is 53.7 Å². The number of sulfonamides is 1. The van der Waals surface area contributed by atoms with E-state index in [0.29, 0.717) is 12.8 Å². The molecule has 1 aromatic carbocycles. The normalized spacial score (nSPS) is 20.8. The lowest BCUT2D eigenvalue weighted by molar-refractivity contribution is -0.137. The molecule has 11 heteroatoms. The number of thioether (sulfide) groups is 1. The van der Waals surface area contributed by atoms with Gasteiger partial charge in [0.1, 0.15) is 0 Å². The Morgan fingerprint density at radius 3 is 2.08 bits per heavy atom. The van der Waals surface area contributed by atoms with Crippen molar-refractivity contribution in [3.8, 4) is 0 Å². The molecule has 0 unspecified atom stereocenters. The van der Waals surface area contributed by atoms with E-state index in [1.165, 1.54) is 9.21 Å². The third kappa shape index (κ3) is 3.60. The number of halogens is 3. The predicted octanol–water partition coefficient (Wildman–Crippen LogP) is 2.55. The third-order valence-electron chi connectivity index (χ3n) is 4.39. The van der Waals surface area contributed by atoms with Gasteiger partial charge in [-0.05, 0) is 37.1 Å². The van der Waals surface area contributed by atoms with Gasteiger partial charge in [0.05, 0.1) is 16.2 Å². The van der Waals surface area contributed by atoms with Crippen molar-refractivity contribution in [3.63, 3.8) is 0 Å². The highest BCUT2D eigenvalue weighted by molar-refractivity contribution is 8.14. The Bertz CT molecular complexity index is 800. The first-order valence-corrected chi connectivity index (χ1v) is 10.2. The number of carbonyl (C=O) groups excluding carboxylic acids is 2. The molecule has 0 saturated carbocycles. The highest BCUT2D eigenvalue weighted by Crippen LogP contribution is 2.31. The van der Waals surface area contributed by atoms with Crippen molar-refractivity contribution < 1.29 is 31.2 Å². The summed E-state index contributed by atoms with van der Waals surface area (Å²) in [6.07, 6.45) is -3.93. The van der Waals surface area contributed by atoms with Crippen LogP contribution in [0.5, 0.6) is 0 Å². The number of hydrogen-bond donors (Lipinski definition) is 0. The van der Waals surface area contributed by atoms with E-state index in [1.807, 2.05) is 0 Å². The molecule has 2 saturated heterocycles. The molecule has 1 aromatic rings. The molecule has 0 bridgehead atoms. The molecule has 2 aliphatic rings. The van der Waals surface area contributed by atoms with E-state index in [-0.39, 0.29) is 40.9 Å². The Morgan fingerprint density at radius 1 is 1.04 bits per heavy atom. The largest absolute Gasteiger partial charge is 0.416 e. The monoisotopic (exact) mass is 408 g/mol. The highest BCUT2D eigenvalue weighted by atomic mass is 32.2. The number of rotatable bonds is 3. The molecule has 2 heterocycles. The molecule has 2 aliphatic heterocycles. The Kier molecular flexibility index (Phi) is 5.06. The van der Waals surface area contributed by atoms with Crippen molar-refractivity contribution >= 4 is 32.9 Å². The number of hydrogen-bond acceptors (Lipinski definition) is 5. The van der Waals surface area contributed by atoms with Gasteiger partial charge in [0, 0.05) is 19.1 Å². The summed E-state index contributed by atoms with van der Waals surface area (Å²) in [6.45, 7) is 0.186. The van der Waals surface area contributed by atoms with Gasteiger partial charge in [-0.2, -0.15) is 17.5 Å². The van der Waals surface area contributed by atoms with Crippen LogP contribution in [0.25, 0.3) is 0 Å². The Morgan fingerprint density at radius 2 is 1.62 bits per heavy atom. The molecular formula is C15H15F3N2O4S2. The Labute approximate surface area is 152 Å². The minimum Gasteiger partial charge on any atom is -0.273 e. The smallest absolute Gasteiger partial charge is 0.273 e. The minimum absolute atomic E-state index is 0.0930. The zero-order valence-corrected chi connectivity index (χ0v) is 15.0. The fourth-order valence-corrected chi connectivity index (χ4v) is 5.27. The summed E-state index contributed by atoms with van der Waals surface area (Å²) in [6, 6.07) is 3.00. The molecule has 0 N–H and O–H groups in total. The van der Waals surface area contributed by atoms with E-state index in [2.05, 4.69) is 0 Å². The zero-order chi connectivity index (χ0) is 19.1. The summed E-state index contributed by atoms with van der Waals surface area (Å²) in [7, 11) is -3.93.